The van der Waals surface area contributed by atoms with Crippen molar-refractivity contribution in [2.45, 2.75) is 13.5 Å². The highest BCUT2D eigenvalue weighted by Gasteiger charge is 2.00. The number of carbonyl (C=O) groups excluding carboxylic acids is 1. The molecule has 9 heavy (non-hydrogen) atoms. The number of hydrogen-bond donors (Lipinski definition) is 0. The topological polar surface area (TPSA) is 60.7 Å². The van der Waals surface area contributed by atoms with Gasteiger partial charge in [0.05, 0.1) is 0 Å². The summed E-state index contributed by atoms with van der Waals surface area (Å²) < 4.78 is 1.37. The largest absolute Gasteiger partial charge is 0.281 e. The van der Waals surface area contributed by atoms with Crippen LogP contribution in [0.1, 0.15) is 12.7 Å². The van der Waals surface area contributed by atoms with Crippen molar-refractivity contribution in [3.8, 4) is 0 Å². The third-order valence-corrected chi connectivity index (χ3v) is 0.923. The molecule has 1 rings (SSSR count). The standard InChI is InChI=1S/C4H5N4O/c1-2-8-4(3-9)5-6-7-8/h2H2,1H3. The SMILES string of the molecule is CCn1nnnc1[C]=O. The van der Waals surface area contributed by atoms with Crippen molar-refractivity contribution in [2.24, 2.45) is 0 Å². The zero-order chi connectivity index (χ0) is 6.69. The van der Waals surface area contributed by atoms with E-state index in [1.807, 2.05) is 6.92 Å². The quantitative estimate of drug-likeness (QED) is 0.516. The van der Waals surface area contributed by atoms with E-state index in [9.17, 15) is 4.79 Å². The lowest BCUT2D eigenvalue weighted by Gasteiger charge is -1.88. The lowest BCUT2D eigenvalue weighted by molar-refractivity contribution is 0.550. The van der Waals surface area contributed by atoms with Crippen molar-refractivity contribution in [3.05, 3.63) is 5.82 Å². The second-order valence-corrected chi connectivity index (χ2v) is 1.42. The summed E-state index contributed by atoms with van der Waals surface area (Å²) in [5, 5.41) is 10.1. The molecule has 0 aliphatic carbocycles. The van der Waals surface area contributed by atoms with Gasteiger partial charge in [-0.1, -0.05) is 0 Å². The molecule has 5 heteroatoms. The first-order valence-electron chi connectivity index (χ1n) is 2.52. The average Bonchev–Trinajstić information content (AvgIpc) is 2.33. The van der Waals surface area contributed by atoms with Gasteiger partial charge in [-0.15, -0.1) is 5.10 Å². The molecule has 0 fully saturated rings. The third kappa shape index (κ3) is 0.933. The van der Waals surface area contributed by atoms with E-state index >= 15 is 0 Å². The minimum atomic E-state index is 0.150. The van der Waals surface area contributed by atoms with Crippen LogP contribution in [0, 0.1) is 0 Å². The molecule has 5 nitrogen and oxygen atoms in total. The van der Waals surface area contributed by atoms with Crippen molar-refractivity contribution in [1.82, 2.24) is 20.2 Å². The molecule has 0 amide bonds. The maximum atomic E-state index is 9.96. The van der Waals surface area contributed by atoms with E-state index in [0.29, 0.717) is 6.54 Å². The summed E-state index contributed by atoms with van der Waals surface area (Å²) in [6.07, 6.45) is 1.60. The molecule has 0 aromatic carbocycles. The van der Waals surface area contributed by atoms with Crippen LogP contribution in [0.2, 0.25) is 0 Å². The van der Waals surface area contributed by atoms with Crippen molar-refractivity contribution in [3.63, 3.8) is 0 Å². The Hall–Kier alpha value is -1.26. The van der Waals surface area contributed by atoms with Crippen molar-refractivity contribution in [2.75, 3.05) is 0 Å². The van der Waals surface area contributed by atoms with Crippen molar-refractivity contribution in [1.29, 1.82) is 0 Å². The van der Waals surface area contributed by atoms with Gasteiger partial charge in [-0.05, 0) is 17.4 Å². The minimum absolute atomic E-state index is 0.150. The van der Waals surface area contributed by atoms with Gasteiger partial charge in [-0.2, -0.15) is 0 Å². The Morgan fingerprint density at radius 1 is 1.78 bits per heavy atom. The lowest BCUT2D eigenvalue weighted by Crippen LogP contribution is -2.01. The predicted octanol–water partition coefficient (Wildman–Crippen LogP) is -0.849. The van der Waals surface area contributed by atoms with Gasteiger partial charge in [0, 0.05) is 6.54 Å². The van der Waals surface area contributed by atoms with E-state index in [1.54, 1.807) is 6.29 Å². The highest BCUT2D eigenvalue weighted by atomic mass is 16.1. The van der Waals surface area contributed by atoms with Crippen LogP contribution in [0.5, 0.6) is 0 Å². The zero-order valence-corrected chi connectivity index (χ0v) is 4.90. The molecule has 1 heterocycles. The fourth-order valence-corrected chi connectivity index (χ4v) is 0.491. The van der Waals surface area contributed by atoms with Gasteiger partial charge in [-0.25, -0.2) is 4.68 Å². The highest BCUT2D eigenvalue weighted by molar-refractivity contribution is 5.68. The van der Waals surface area contributed by atoms with E-state index in [2.05, 4.69) is 15.5 Å². The van der Waals surface area contributed by atoms with Gasteiger partial charge >= 0.3 is 0 Å². The van der Waals surface area contributed by atoms with Crippen LogP contribution in [-0.2, 0) is 11.3 Å². The molecule has 0 bridgehead atoms. The Balaban J connectivity index is 2.98. The van der Waals surface area contributed by atoms with Crippen LogP contribution >= 0.6 is 0 Å². The number of tetrazole rings is 1. The molecule has 0 atom stereocenters. The number of aryl methyl sites for hydroxylation is 1. The molecular formula is C4H5N4O. The molecule has 47 valence electrons. The number of hydrogen-bond acceptors (Lipinski definition) is 4. The van der Waals surface area contributed by atoms with Gasteiger partial charge in [0.2, 0.25) is 5.82 Å². The normalized spacial score (nSPS) is 9.44. The van der Waals surface area contributed by atoms with Gasteiger partial charge in [0.15, 0.2) is 0 Å². The van der Waals surface area contributed by atoms with E-state index in [1.165, 1.54) is 4.68 Å². The second-order valence-electron chi connectivity index (χ2n) is 1.42. The summed E-state index contributed by atoms with van der Waals surface area (Å²) in [7, 11) is 0. The first-order valence-corrected chi connectivity index (χ1v) is 2.52. The summed E-state index contributed by atoms with van der Waals surface area (Å²) >= 11 is 0. The van der Waals surface area contributed by atoms with E-state index in [0.717, 1.165) is 0 Å². The van der Waals surface area contributed by atoms with Crippen LogP contribution in [-0.4, -0.2) is 26.5 Å². The highest BCUT2D eigenvalue weighted by Crippen LogP contribution is 1.83. The Morgan fingerprint density at radius 2 is 2.56 bits per heavy atom. The maximum absolute atomic E-state index is 9.96. The van der Waals surface area contributed by atoms with E-state index in [4.69, 9.17) is 0 Å². The van der Waals surface area contributed by atoms with Crippen LogP contribution in [0.3, 0.4) is 0 Å². The summed E-state index contributed by atoms with van der Waals surface area (Å²) in [5.74, 6) is 0.150. The number of nitrogens with zero attached hydrogens (tertiary/aromatic N) is 4. The number of rotatable bonds is 2. The Kier molecular flexibility index (Phi) is 1.53. The minimum Gasteiger partial charge on any atom is -0.281 e. The Morgan fingerprint density at radius 3 is 3.00 bits per heavy atom. The predicted molar refractivity (Wildman–Crippen MR) is 28.3 cm³/mol. The third-order valence-electron chi connectivity index (χ3n) is 0.923. The summed E-state index contributed by atoms with van der Waals surface area (Å²) in [5.41, 5.74) is 0. The molecule has 0 unspecified atom stereocenters. The molecule has 1 aromatic rings. The van der Waals surface area contributed by atoms with Crippen LogP contribution in [0.15, 0.2) is 0 Å². The van der Waals surface area contributed by atoms with E-state index < -0.39 is 0 Å². The van der Waals surface area contributed by atoms with Crippen LogP contribution in [0.4, 0.5) is 0 Å². The average molecular weight is 125 g/mol. The van der Waals surface area contributed by atoms with E-state index in [-0.39, 0.29) is 5.82 Å². The fraction of sp³-hybridized carbons (Fsp3) is 0.500. The molecule has 0 aliphatic heterocycles. The fourth-order valence-electron chi connectivity index (χ4n) is 0.491. The molecule has 0 saturated heterocycles. The van der Waals surface area contributed by atoms with Crippen molar-refractivity contribution < 1.29 is 4.79 Å². The van der Waals surface area contributed by atoms with Crippen LogP contribution in [0.25, 0.3) is 0 Å². The van der Waals surface area contributed by atoms with Gasteiger partial charge in [0.1, 0.15) is 0 Å². The smallest absolute Gasteiger partial charge is 0.275 e. The first kappa shape index (κ1) is 5.87. The Bertz CT molecular complexity index is 206. The van der Waals surface area contributed by atoms with Crippen LogP contribution < -0.4 is 0 Å². The second kappa shape index (κ2) is 2.34. The van der Waals surface area contributed by atoms with Gasteiger partial charge in [0.25, 0.3) is 6.29 Å². The molecule has 0 spiro atoms. The molecule has 0 N–H and O–H groups in total. The number of aromatic nitrogens is 4. The Labute approximate surface area is 51.7 Å². The monoisotopic (exact) mass is 125 g/mol. The molecule has 1 radical (unpaired) electrons. The molecule has 0 saturated carbocycles. The molecule has 0 aliphatic rings. The summed E-state index contributed by atoms with van der Waals surface area (Å²) in [6.45, 7) is 2.44. The molecular weight excluding hydrogens is 120 g/mol. The first-order chi connectivity index (χ1) is 4.38. The lowest BCUT2D eigenvalue weighted by atomic mass is 10.6. The summed E-state index contributed by atoms with van der Waals surface area (Å²) in [6, 6.07) is 0. The maximum Gasteiger partial charge on any atom is 0.275 e. The summed E-state index contributed by atoms with van der Waals surface area (Å²) in [4.78, 5) is 9.96. The molecule has 1 aromatic heterocycles. The van der Waals surface area contributed by atoms with Gasteiger partial charge < -0.3 is 0 Å². The van der Waals surface area contributed by atoms with Gasteiger partial charge in [-0.3, -0.25) is 4.79 Å². The zero-order valence-electron chi connectivity index (χ0n) is 4.90. The van der Waals surface area contributed by atoms with Crippen molar-refractivity contribution >= 4 is 6.29 Å².